The molecule has 0 fully saturated rings. The van der Waals surface area contributed by atoms with Crippen molar-refractivity contribution >= 4 is 21.8 Å². The van der Waals surface area contributed by atoms with E-state index in [4.69, 9.17) is 0 Å². The summed E-state index contributed by atoms with van der Waals surface area (Å²) < 4.78 is 26.3. The van der Waals surface area contributed by atoms with Gasteiger partial charge in [-0.2, -0.15) is 13.8 Å². The Hall–Kier alpha value is -1.97. The molecule has 0 aliphatic rings. The van der Waals surface area contributed by atoms with Gasteiger partial charge in [0.2, 0.25) is 11.9 Å². The molecule has 4 heteroatoms. The van der Waals surface area contributed by atoms with Crippen LogP contribution in [0.2, 0.25) is 0 Å². The van der Waals surface area contributed by atoms with E-state index < -0.39 is 11.9 Å². The van der Waals surface area contributed by atoms with Crippen LogP contribution < -0.4 is 0 Å². The molecule has 1 N–H and O–H groups in total. The van der Waals surface area contributed by atoms with Crippen LogP contribution in [0.1, 0.15) is 0 Å². The Morgan fingerprint density at radius 3 is 2.73 bits per heavy atom. The van der Waals surface area contributed by atoms with Crippen molar-refractivity contribution in [3.8, 4) is 0 Å². The summed E-state index contributed by atoms with van der Waals surface area (Å²) in [6, 6.07) is 8.42. The summed E-state index contributed by atoms with van der Waals surface area (Å²) in [6.45, 7) is 0. The molecule has 0 aliphatic carbocycles. The molecular formula is C11H6F2N2. The highest BCUT2D eigenvalue weighted by Crippen LogP contribution is 2.26. The van der Waals surface area contributed by atoms with Gasteiger partial charge >= 0.3 is 0 Å². The maximum absolute atomic E-state index is 13.4. The number of rotatable bonds is 0. The van der Waals surface area contributed by atoms with Crippen molar-refractivity contribution in [1.82, 2.24) is 9.97 Å². The molecule has 0 saturated heterocycles. The Labute approximate surface area is 83.6 Å². The number of hydrogen-bond donors (Lipinski definition) is 1. The fourth-order valence-electron chi connectivity index (χ4n) is 1.79. The monoisotopic (exact) mass is 204 g/mol. The first-order chi connectivity index (χ1) is 7.25. The van der Waals surface area contributed by atoms with E-state index in [0.29, 0.717) is 10.9 Å². The average Bonchev–Trinajstić information content (AvgIpc) is 2.54. The molecule has 74 valence electrons. The summed E-state index contributed by atoms with van der Waals surface area (Å²) in [5.74, 6) is -1.59. The summed E-state index contributed by atoms with van der Waals surface area (Å²) >= 11 is 0. The number of H-pyrrole nitrogens is 1. The summed E-state index contributed by atoms with van der Waals surface area (Å²) in [4.78, 5) is 6.11. The Kier molecular flexibility index (Phi) is 1.54. The van der Waals surface area contributed by atoms with Gasteiger partial charge in [0.25, 0.3) is 0 Å². The molecule has 2 nitrogen and oxygen atoms in total. The number of fused-ring (bicyclic) bond motifs is 3. The summed E-state index contributed by atoms with van der Waals surface area (Å²) in [5.41, 5.74) is 1.21. The van der Waals surface area contributed by atoms with Crippen LogP contribution in [0.25, 0.3) is 21.8 Å². The maximum Gasteiger partial charge on any atom is 0.225 e. The number of para-hydroxylation sites is 1. The van der Waals surface area contributed by atoms with Crippen molar-refractivity contribution in [1.29, 1.82) is 0 Å². The SMILES string of the molecule is Fc1cc2[nH]c3ccccc3c2c(F)n1. The molecule has 0 aliphatic heterocycles. The van der Waals surface area contributed by atoms with Crippen molar-refractivity contribution in [3.63, 3.8) is 0 Å². The van der Waals surface area contributed by atoms with Crippen molar-refractivity contribution < 1.29 is 8.78 Å². The molecule has 1 aromatic carbocycles. The minimum Gasteiger partial charge on any atom is -0.354 e. The summed E-state index contributed by atoms with van der Waals surface area (Å²) in [6.07, 6.45) is 0. The van der Waals surface area contributed by atoms with Crippen molar-refractivity contribution in [3.05, 3.63) is 42.2 Å². The number of aromatic nitrogens is 2. The molecule has 0 radical (unpaired) electrons. The highest BCUT2D eigenvalue weighted by Gasteiger charge is 2.11. The quantitative estimate of drug-likeness (QED) is 0.560. The van der Waals surface area contributed by atoms with E-state index >= 15 is 0 Å². The lowest BCUT2D eigenvalue weighted by Crippen LogP contribution is -1.88. The molecule has 0 spiro atoms. The largest absolute Gasteiger partial charge is 0.354 e. The number of pyridine rings is 1. The van der Waals surface area contributed by atoms with Gasteiger partial charge in [-0.15, -0.1) is 0 Å². The van der Waals surface area contributed by atoms with Crippen LogP contribution in [-0.4, -0.2) is 9.97 Å². The van der Waals surface area contributed by atoms with Crippen molar-refractivity contribution in [2.24, 2.45) is 0 Å². The second kappa shape index (κ2) is 2.76. The van der Waals surface area contributed by atoms with E-state index in [-0.39, 0.29) is 0 Å². The van der Waals surface area contributed by atoms with Crippen LogP contribution in [-0.2, 0) is 0 Å². The third-order valence-electron chi connectivity index (χ3n) is 2.41. The molecule has 0 atom stereocenters. The van der Waals surface area contributed by atoms with Gasteiger partial charge in [-0.05, 0) is 6.07 Å². The summed E-state index contributed by atoms with van der Waals surface area (Å²) in [7, 11) is 0. The fourth-order valence-corrected chi connectivity index (χ4v) is 1.79. The smallest absolute Gasteiger partial charge is 0.225 e. The van der Waals surface area contributed by atoms with Crippen molar-refractivity contribution in [2.45, 2.75) is 0 Å². The first-order valence-electron chi connectivity index (χ1n) is 4.48. The van der Waals surface area contributed by atoms with Crippen LogP contribution in [0.5, 0.6) is 0 Å². The van der Waals surface area contributed by atoms with Crippen LogP contribution in [0.15, 0.2) is 30.3 Å². The number of nitrogens with one attached hydrogen (secondary N) is 1. The zero-order chi connectivity index (χ0) is 10.4. The van der Waals surface area contributed by atoms with Gasteiger partial charge in [0.1, 0.15) is 0 Å². The molecule has 2 heterocycles. The standard InChI is InChI=1S/C11H6F2N2/c12-9-5-8-10(11(13)15-9)6-3-1-2-4-7(6)14-8/h1-5,14H. The minimum atomic E-state index is -0.813. The number of aromatic amines is 1. The lowest BCUT2D eigenvalue weighted by molar-refractivity contribution is 0.522. The van der Waals surface area contributed by atoms with Gasteiger partial charge in [0, 0.05) is 17.0 Å². The Morgan fingerprint density at radius 1 is 1.07 bits per heavy atom. The van der Waals surface area contributed by atoms with Gasteiger partial charge in [-0.3, -0.25) is 0 Å². The zero-order valence-electron chi connectivity index (χ0n) is 7.59. The van der Waals surface area contributed by atoms with E-state index in [1.807, 2.05) is 12.1 Å². The van der Waals surface area contributed by atoms with E-state index in [0.717, 1.165) is 10.9 Å². The lowest BCUT2D eigenvalue weighted by atomic mass is 10.2. The Morgan fingerprint density at radius 2 is 1.87 bits per heavy atom. The van der Waals surface area contributed by atoms with E-state index in [1.54, 1.807) is 12.1 Å². The van der Waals surface area contributed by atoms with E-state index in [9.17, 15) is 8.78 Å². The molecule has 3 aromatic rings. The van der Waals surface area contributed by atoms with Crippen LogP contribution in [0, 0.1) is 11.9 Å². The number of nitrogens with zero attached hydrogens (tertiary/aromatic N) is 1. The normalized spacial score (nSPS) is 11.3. The van der Waals surface area contributed by atoms with Gasteiger partial charge < -0.3 is 4.98 Å². The van der Waals surface area contributed by atoms with Crippen LogP contribution in [0.4, 0.5) is 8.78 Å². The molecular weight excluding hydrogens is 198 g/mol. The number of halogens is 2. The topological polar surface area (TPSA) is 28.7 Å². The molecule has 0 amide bonds. The van der Waals surface area contributed by atoms with E-state index in [2.05, 4.69) is 9.97 Å². The Balaban J connectivity index is 2.61. The average molecular weight is 204 g/mol. The Bertz CT molecular complexity index is 658. The molecule has 2 aromatic heterocycles. The summed E-state index contributed by atoms with van der Waals surface area (Å²) in [5, 5.41) is 1.06. The predicted molar refractivity (Wildman–Crippen MR) is 53.5 cm³/mol. The molecule has 0 unspecified atom stereocenters. The predicted octanol–water partition coefficient (Wildman–Crippen LogP) is 2.99. The zero-order valence-corrected chi connectivity index (χ0v) is 7.59. The second-order valence-corrected chi connectivity index (χ2v) is 3.33. The van der Waals surface area contributed by atoms with Crippen LogP contribution in [0.3, 0.4) is 0 Å². The van der Waals surface area contributed by atoms with E-state index in [1.165, 1.54) is 6.07 Å². The van der Waals surface area contributed by atoms with Gasteiger partial charge in [0.15, 0.2) is 0 Å². The second-order valence-electron chi connectivity index (χ2n) is 3.33. The first kappa shape index (κ1) is 8.35. The van der Waals surface area contributed by atoms with Gasteiger partial charge in [-0.25, -0.2) is 0 Å². The molecule has 3 rings (SSSR count). The molecule has 0 bridgehead atoms. The first-order valence-corrected chi connectivity index (χ1v) is 4.48. The fraction of sp³-hybridized carbons (Fsp3) is 0. The van der Waals surface area contributed by atoms with Gasteiger partial charge in [-0.1, -0.05) is 18.2 Å². The molecule has 15 heavy (non-hydrogen) atoms. The lowest BCUT2D eigenvalue weighted by Gasteiger charge is -1.92. The third-order valence-corrected chi connectivity index (χ3v) is 2.41. The van der Waals surface area contributed by atoms with Gasteiger partial charge in [0.05, 0.1) is 10.9 Å². The van der Waals surface area contributed by atoms with Crippen molar-refractivity contribution in [2.75, 3.05) is 0 Å². The highest BCUT2D eigenvalue weighted by atomic mass is 19.1. The van der Waals surface area contributed by atoms with Crippen LogP contribution >= 0.6 is 0 Å². The maximum atomic E-state index is 13.4. The number of benzene rings is 1. The molecule has 0 saturated carbocycles. The third kappa shape index (κ3) is 1.11. The minimum absolute atomic E-state index is 0.340. The number of hydrogen-bond acceptors (Lipinski definition) is 1. The highest BCUT2D eigenvalue weighted by molar-refractivity contribution is 6.06.